The van der Waals surface area contributed by atoms with E-state index >= 15 is 0 Å². The number of hydrogen-bond acceptors (Lipinski definition) is 4. The summed E-state index contributed by atoms with van der Waals surface area (Å²) in [6, 6.07) is 11.9. The molecule has 0 spiro atoms. The van der Waals surface area contributed by atoms with Crippen LogP contribution in [0.15, 0.2) is 41.8 Å². The second-order valence-corrected chi connectivity index (χ2v) is 8.38. The van der Waals surface area contributed by atoms with Gasteiger partial charge in [0.2, 0.25) is 11.8 Å². The summed E-state index contributed by atoms with van der Waals surface area (Å²) in [6.07, 6.45) is 3.33. The molecule has 5 nitrogen and oxygen atoms in total. The molecule has 1 atom stereocenters. The Kier molecular flexibility index (Phi) is 5.67. The van der Waals surface area contributed by atoms with Crippen LogP contribution in [0.1, 0.15) is 42.7 Å². The summed E-state index contributed by atoms with van der Waals surface area (Å²) in [5.74, 6) is 0.895. The van der Waals surface area contributed by atoms with Crippen LogP contribution in [0.25, 0.3) is 0 Å². The fraction of sp³-hybridized carbons (Fsp3) is 0.455. The van der Waals surface area contributed by atoms with E-state index in [0.29, 0.717) is 19.6 Å². The number of carbonyl (C=O) groups excluding carboxylic acids is 2. The highest BCUT2D eigenvalue weighted by molar-refractivity contribution is 7.10. The van der Waals surface area contributed by atoms with Crippen molar-refractivity contribution < 1.29 is 14.3 Å². The first-order valence-corrected chi connectivity index (χ1v) is 10.9. The molecule has 1 aromatic carbocycles. The second-order valence-electron chi connectivity index (χ2n) is 7.38. The molecule has 1 aliphatic carbocycles. The van der Waals surface area contributed by atoms with Gasteiger partial charge in [-0.05, 0) is 48.4 Å². The smallest absolute Gasteiger partial charge is 0.242 e. The third-order valence-corrected chi connectivity index (χ3v) is 6.48. The molecule has 0 saturated heterocycles. The van der Waals surface area contributed by atoms with E-state index < -0.39 is 0 Å². The average Bonchev–Trinajstić information content (AvgIpc) is 3.46. The minimum atomic E-state index is -0.111. The first-order valence-electron chi connectivity index (χ1n) is 10.0. The number of carbonyl (C=O) groups is 2. The van der Waals surface area contributed by atoms with E-state index in [-0.39, 0.29) is 30.4 Å². The van der Waals surface area contributed by atoms with E-state index in [1.165, 1.54) is 10.4 Å². The number of amides is 2. The van der Waals surface area contributed by atoms with Crippen molar-refractivity contribution in [3.05, 3.63) is 52.2 Å². The number of hydrogen-bond donors (Lipinski definition) is 0. The Hall–Kier alpha value is -2.34. The molecule has 1 aromatic heterocycles. The molecule has 0 unspecified atom stereocenters. The van der Waals surface area contributed by atoms with Gasteiger partial charge in [0, 0.05) is 23.9 Å². The lowest BCUT2D eigenvalue weighted by molar-refractivity contribution is -0.143. The lowest BCUT2D eigenvalue weighted by Gasteiger charge is -2.37. The van der Waals surface area contributed by atoms with Crippen molar-refractivity contribution in [3.8, 4) is 5.75 Å². The van der Waals surface area contributed by atoms with E-state index in [0.717, 1.165) is 25.0 Å². The zero-order chi connectivity index (χ0) is 19.5. The Bertz CT molecular complexity index is 831. The highest BCUT2D eigenvalue weighted by Crippen LogP contribution is 2.34. The maximum atomic E-state index is 13.2. The molecule has 2 aromatic rings. The van der Waals surface area contributed by atoms with Gasteiger partial charge in [0.1, 0.15) is 18.9 Å². The maximum absolute atomic E-state index is 13.2. The van der Waals surface area contributed by atoms with Gasteiger partial charge in [0.25, 0.3) is 0 Å². The summed E-state index contributed by atoms with van der Waals surface area (Å²) in [5.41, 5.74) is 1.18. The fourth-order valence-electron chi connectivity index (χ4n) is 3.81. The van der Waals surface area contributed by atoms with Crippen LogP contribution in [0.3, 0.4) is 0 Å². The topological polar surface area (TPSA) is 49.9 Å². The predicted molar refractivity (Wildman–Crippen MR) is 109 cm³/mol. The van der Waals surface area contributed by atoms with Gasteiger partial charge < -0.3 is 14.5 Å². The van der Waals surface area contributed by atoms with Crippen molar-refractivity contribution in [2.75, 3.05) is 19.7 Å². The predicted octanol–water partition coefficient (Wildman–Crippen LogP) is 3.65. The third kappa shape index (κ3) is 4.07. The van der Waals surface area contributed by atoms with Crippen molar-refractivity contribution in [3.63, 3.8) is 0 Å². The van der Waals surface area contributed by atoms with Gasteiger partial charge in [0.05, 0.1) is 6.04 Å². The van der Waals surface area contributed by atoms with Crippen molar-refractivity contribution in [2.24, 2.45) is 0 Å². The molecule has 2 aliphatic rings. The van der Waals surface area contributed by atoms with E-state index in [1.807, 2.05) is 42.2 Å². The van der Waals surface area contributed by atoms with E-state index in [1.54, 1.807) is 16.2 Å². The van der Waals surface area contributed by atoms with Crippen LogP contribution in [0.4, 0.5) is 0 Å². The highest BCUT2D eigenvalue weighted by atomic mass is 32.1. The summed E-state index contributed by atoms with van der Waals surface area (Å²) in [5, 5.41) is 2.09. The van der Waals surface area contributed by atoms with Crippen LogP contribution in [0.5, 0.6) is 5.75 Å². The van der Waals surface area contributed by atoms with Crippen molar-refractivity contribution in [1.29, 1.82) is 0 Å². The first kappa shape index (κ1) is 19.0. The molecule has 1 aliphatic heterocycles. The monoisotopic (exact) mass is 398 g/mol. The van der Waals surface area contributed by atoms with Gasteiger partial charge in [0.15, 0.2) is 0 Å². The van der Waals surface area contributed by atoms with E-state index in [4.69, 9.17) is 4.74 Å². The molecular weight excluding hydrogens is 372 g/mol. The Balaban J connectivity index is 1.50. The Morgan fingerprint density at radius 2 is 2.00 bits per heavy atom. The van der Waals surface area contributed by atoms with Crippen molar-refractivity contribution in [1.82, 2.24) is 9.80 Å². The number of ether oxygens (including phenoxy) is 1. The van der Waals surface area contributed by atoms with Gasteiger partial charge >= 0.3 is 0 Å². The molecule has 2 heterocycles. The second kappa shape index (κ2) is 8.35. The SMILES string of the molecule is CCC(=O)N(CC(=O)N1CCc2sccc2[C@H]1COc1ccccc1)C1CC1. The van der Waals surface area contributed by atoms with Gasteiger partial charge in [-0.15, -0.1) is 11.3 Å². The molecule has 4 rings (SSSR count). The molecule has 6 heteroatoms. The van der Waals surface area contributed by atoms with Crippen LogP contribution in [-0.2, 0) is 16.0 Å². The Labute approximate surface area is 169 Å². The van der Waals surface area contributed by atoms with Crippen LogP contribution >= 0.6 is 11.3 Å². The summed E-state index contributed by atoms with van der Waals surface area (Å²) < 4.78 is 6.02. The standard InChI is InChI=1S/C22H26N2O3S/c1-2-21(25)24(16-8-9-16)14-22(26)23-12-10-20-18(11-13-28-20)19(23)15-27-17-6-4-3-5-7-17/h3-7,11,13,16,19H,2,8-10,12,14-15H2,1H3/t19-/m1/s1. The van der Waals surface area contributed by atoms with Gasteiger partial charge in [-0.25, -0.2) is 0 Å². The number of para-hydroxylation sites is 1. The zero-order valence-corrected chi connectivity index (χ0v) is 17.0. The number of rotatable bonds is 7. The summed E-state index contributed by atoms with van der Waals surface area (Å²) >= 11 is 1.74. The van der Waals surface area contributed by atoms with Crippen molar-refractivity contribution >= 4 is 23.2 Å². The molecule has 1 fully saturated rings. The van der Waals surface area contributed by atoms with Crippen LogP contribution in [0.2, 0.25) is 0 Å². The Morgan fingerprint density at radius 1 is 1.21 bits per heavy atom. The summed E-state index contributed by atoms with van der Waals surface area (Å²) in [6.45, 7) is 3.13. The lowest BCUT2D eigenvalue weighted by Crippen LogP contribution is -2.48. The number of fused-ring (bicyclic) bond motifs is 1. The number of nitrogens with zero attached hydrogens (tertiary/aromatic N) is 2. The number of benzene rings is 1. The Morgan fingerprint density at radius 3 is 2.71 bits per heavy atom. The largest absolute Gasteiger partial charge is 0.491 e. The van der Waals surface area contributed by atoms with E-state index in [9.17, 15) is 9.59 Å². The molecule has 0 N–H and O–H groups in total. The van der Waals surface area contributed by atoms with Crippen LogP contribution in [-0.4, -0.2) is 47.4 Å². The average molecular weight is 399 g/mol. The van der Waals surface area contributed by atoms with Crippen molar-refractivity contribution in [2.45, 2.75) is 44.7 Å². The minimum absolute atomic E-state index is 0.0206. The van der Waals surface area contributed by atoms with Gasteiger partial charge in [-0.2, -0.15) is 0 Å². The van der Waals surface area contributed by atoms with Crippen LogP contribution < -0.4 is 4.74 Å². The quantitative estimate of drug-likeness (QED) is 0.715. The summed E-state index contributed by atoms with van der Waals surface area (Å²) in [7, 11) is 0. The van der Waals surface area contributed by atoms with Crippen LogP contribution in [0, 0.1) is 0 Å². The maximum Gasteiger partial charge on any atom is 0.242 e. The molecule has 0 bridgehead atoms. The molecule has 2 amide bonds. The number of thiophene rings is 1. The summed E-state index contributed by atoms with van der Waals surface area (Å²) in [4.78, 5) is 30.5. The highest BCUT2D eigenvalue weighted by Gasteiger charge is 2.37. The zero-order valence-electron chi connectivity index (χ0n) is 16.2. The lowest BCUT2D eigenvalue weighted by atomic mass is 10.0. The van der Waals surface area contributed by atoms with E-state index in [2.05, 4.69) is 11.4 Å². The molecular formula is C22H26N2O3S. The fourth-order valence-corrected chi connectivity index (χ4v) is 4.74. The molecule has 148 valence electrons. The van der Waals surface area contributed by atoms with Gasteiger partial charge in [-0.1, -0.05) is 25.1 Å². The third-order valence-electron chi connectivity index (χ3n) is 5.48. The molecule has 28 heavy (non-hydrogen) atoms. The van der Waals surface area contributed by atoms with Gasteiger partial charge in [-0.3, -0.25) is 9.59 Å². The first-order chi connectivity index (χ1) is 13.7. The molecule has 1 saturated carbocycles. The molecule has 0 radical (unpaired) electrons. The minimum Gasteiger partial charge on any atom is -0.491 e. The normalized spacial score (nSPS) is 18.5.